The van der Waals surface area contributed by atoms with Crippen LogP contribution in [-0.2, 0) is 4.79 Å². The molecule has 2 rings (SSSR count). The fourth-order valence-electron chi connectivity index (χ4n) is 1.55. The zero-order chi connectivity index (χ0) is 11.9. The van der Waals surface area contributed by atoms with Gasteiger partial charge in [0.05, 0.1) is 12.1 Å². The average Bonchev–Trinajstić information content (AvgIpc) is 2.53. The minimum absolute atomic E-state index is 0.00984. The van der Waals surface area contributed by atoms with Gasteiger partial charge in [0.25, 0.3) is 0 Å². The molecule has 0 fully saturated rings. The first-order valence-corrected chi connectivity index (χ1v) is 4.79. The van der Waals surface area contributed by atoms with E-state index >= 15 is 0 Å². The van der Waals surface area contributed by atoms with Crippen LogP contribution in [0.5, 0.6) is 0 Å². The van der Waals surface area contributed by atoms with Gasteiger partial charge in [-0.05, 0) is 24.6 Å². The summed E-state index contributed by atoms with van der Waals surface area (Å²) in [5.41, 5.74) is 0.559. The molecule has 1 aliphatic heterocycles. The molecule has 0 bridgehead atoms. The third-order valence-electron chi connectivity index (χ3n) is 2.51. The number of nitrogens with zero attached hydrogens (tertiary/aromatic N) is 2. The van der Waals surface area contributed by atoms with Crippen molar-refractivity contribution in [2.24, 2.45) is 5.10 Å². The monoisotopic (exact) mass is 224 g/mol. The van der Waals surface area contributed by atoms with Crippen LogP contribution in [0, 0.1) is 18.6 Å². The Bertz CT molecular complexity index is 497. The lowest BCUT2D eigenvalue weighted by molar-refractivity contribution is -0.127. The Kier molecular flexibility index (Phi) is 2.46. The van der Waals surface area contributed by atoms with Gasteiger partial charge in [-0.1, -0.05) is 0 Å². The summed E-state index contributed by atoms with van der Waals surface area (Å²) in [6.45, 7) is 1.48. The van der Waals surface area contributed by atoms with E-state index in [9.17, 15) is 13.6 Å². The van der Waals surface area contributed by atoms with E-state index in [2.05, 4.69) is 5.10 Å². The Morgan fingerprint density at radius 3 is 2.56 bits per heavy atom. The number of rotatable bonds is 1. The fraction of sp³-hybridized carbons (Fsp3) is 0.273. The number of hydrogen-bond donors (Lipinski definition) is 0. The van der Waals surface area contributed by atoms with E-state index < -0.39 is 11.6 Å². The molecule has 84 valence electrons. The molecule has 0 aromatic heterocycles. The van der Waals surface area contributed by atoms with Gasteiger partial charge in [0.2, 0.25) is 5.91 Å². The van der Waals surface area contributed by atoms with Crippen LogP contribution in [0.4, 0.5) is 8.78 Å². The van der Waals surface area contributed by atoms with Crippen molar-refractivity contribution in [1.29, 1.82) is 0 Å². The van der Waals surface area contributed by atoms with Crippen LogP contribution in [0.15, 0.2) is 17.2 Å². The number of aryl methyl sites for hydroxylation is 1. The molecule has 3 nitrogen and oxygen atoms in total. The van der Waals surface area contributed by atoms with Gasteiger partial charge < -0.3 is 0 Å². The molecular weight excluding hydrogens is 214 g/mol. The maximum absolute atomic E-state index is 13.6. The Labute approximate surface area is 91.4 Å². The summed E-state index contributed by atoms with van der Waals surface area (Å²) in [7, 11) is 1.48. The first-order valence-electron chi connectivity index (χ1n) is 4.79. The molecule has 1 heterocycles. The first-order chi connectivity index (χ1) is 7.49. The van der Waals surface area contributed by atoms with E-state index in [4.69, 9.17) is 0 Å². The molecule has 16 heavy (non-hydrogen) atoms. The second kappa shape index (κ2) is 3.66. The lowest BCUT2D eigenvalue weighted by Crippen LogP contribution is -2.14. The Hall–Kier alpha value is -1.78. The van der Waals surface area contributed by atoms with Crippen molar-refractivity contribution in [2.75, 3.05) is 7.05 Å². The molecule has 0 aliphatic carbocycles. The van der Waals surface area contributed by atoms with E-state index in [-0.39, 0.29) is 29.2 Å². The molecule has 0 spiro atoms. The molecule has 0 unspecified atom stereocenters. The number of halogens is 2. The summed E-state index contributed by atoms with van der Waals surface area (Å²) < 4.78 is 26.8. The lowest BCUT2D eigenvalue weighted by atomic mass is 10.0. The molecule has 5 heteroatoms. The molecular formula is C11H10F2N2O. The van der Waals surface area contributed by atoms with E-state index in [0.29, 0.717) is 0 Å². The van der Waals surface area contributed by atoms with Crippen LogP contribution in [0.25, 0.3) is 0 Å². The highest BCUT2D eigenvalue weighted by Crippen LogP contribution is 2.19. The third-order valence-corrected chi connectivity index (χ3v) is 2.51. The van der Waals surface area contributed by atoms with Crippen molar-refractivity contribution < 1.29 is 13.6 Å². The van der Waals surface area contributed by atoms with Gasteiger partial charge in [0.15, 0.2) is 0 Å². The van der Waals surface area contributed by atoms with Gasteiger partial charge in [0, 0.05) is 12.6 Å². The zero-order valence-corrected chi connectivity index (χ0v) is 8.92. The maximum Gasteiger partial charge on any atom is 0.248 e. The summed E-state index contributed by atoms with van der Waals surface area (Å²) in [5.74, 6) is -1.28. The second-order valence-electron chi connectivity index (χ2n) is 3.72. The van der Waals surface area contributed by atoms with Crippen LogP contribution in [0.1, 0.15) is 17.5 Å². The maximum atomic E-state index is 13.6. The highest BCUT2D eigenvalue weighted by Gasteiger charge is 2.24. The highest BCUT2D eigenvalue weighted by molar-refractivity contribution is 6.13. The molecule has 1 aromatic carbocycles. The van der Waals surface area contributed by atoms with Gasteiger partial charge in [-0.15, -0.1) is 0 Å². The minimum atomic E-state index is -0.555. The molecule has 0 atom stereocenters. The molecule has 1 amide bonds. The summed E-state index contributed by atoms with van der Waals surface area (Å²) >= 11 is 0. The lowest BCUT2D eigenvalue weighted by Gasteiger charge is -2.03. The number of carbonyl (C=O) groups is 1. The quantitative estimate of drug-likeness (QED) is 0.716. The largest absolute Gasteiger partial charge is 0.273 e. The summed E-state index contributed by atoms with van der Waals surface area (Å²) in [4.78, 5) is 11.2. The van der Waals surface area contributed by atoms with Crippen LogP contribution < -0.4 is 0 Å². The molecule has 0 saturated carbocycles. The zero-order valence-electron chi connectivity index (χ0n) is 8.92. The topological polar surface area (TPSA) is 32.7 Å². The van der Waals surface area contributed by atoms with Crippen molar-refractivity contribution >= 4 is 11.6 Å². The van der Waals surface area contributed by atoms with Crippen molar-refractivity contribution in [1.82, 2.24) is 5.01 Å². The van der Waals surface area contributed by atoms with Crippen LogP contribution >= 0.6 is 0 Å². The highest BCUT2D eigenvalue weighted by atomic mass is 19.1. The smallest absolute Gasteiger partial charge is 0.248 e. The summed E-state index contributed by atoms with van der Waals surface area (Å²) in [5, 5.41) is 5.00. The minimum Gasteiger partial charge on any atom is -0.273 e. The van der Waals surface area contributed by atoms with Crippen molar-refractivity contribution in [2.45, 2.75) is 13.3 Å². The number of hydrogen-bond acceptors (Lipinski definition) is 2. The Balaban J connectivity index is 2.46. The van der Waals surface area contributed by atoms with Gasteiger partial charge in [-0.3, -0.25) is 4.79 Å². The molecule has 0 saturated heterocycles. The fourth-order valence-corrected chi connectivity index (χ4v) is 1.55. The van der Waals surface area contributed by atoms with Crippen LogP contribution in [0.3, 0.4) is 0 Å². The van der Waals surface area contributed by atoms with E-state index in [1.165, 1.54) is 14.0 Å². The second-order valence-corrected chi connectivity index (χ2v) is 3.72. The average molecular weight is 224 g/mol. The molecule has 1 aliphatic rings. The number of benzene rings is 1. The molecule has 0 radical (unpaired) electrons. The van der Waals surface area contributed by atoms with E-state index in [0.717, 1.165) is 17.1 Å². The predicted octanol–water partition coefficient (Wildman–Crippen LogP) is 1.84. The van der Waals surface area contributed by atoms with Crippen molar-refractivity contribution in [3.63, 3.8) is 0 Å². The summed E-state index contributed by atoms with van der Waals surface area (Å²) in [6, 6.07) is 2.19. The first kappa shape index (κ1) is 10.7. The van der Waals surface area contributed by atoms with Gasteiger partial charge in [-0.2, -0.15) is 5.10 Å². The summed E-state index contributed by atoms with van der Waals surface area (Å²) in [6.07, 6.45) is 0.00984. The van der Waals surface area contributed by atoms with Gasteiger partial charge >= 0.3 is 0 Å². The molecule has 0 N–H and O–H groups in total. The van der Waals surface area contributed by atoms with E-state index in [1.807, 2.05) is 0 Å². The number of amides is 1. The normalized spacial score (nSPS) is 15.6. The number of hydrazone groups is 1. The predicted molar refractivity (Wildman–Crippen MR) is 55.0 cm³/mol. The SMILES string of the molecule is Cc1cc(F)c(C2=NN(C)C(=O)C2)cc1F. The Morgan fingerprint density at radius 2 is 2.00 bits per heavy atom. The van der Waals surface area contributed by atoms with Crippen LogP contribution in [0.2, 0.25) is 0 Å². The molecule has 1 aromatic rings. The van der Waals surface area contributed by atoms with Crippen molar-refractivity contribution in [3.8, 4) is 0 Å². The third kappa shape index (κ3) is 1.68. The van der Waals surface area contributed by atoms with Gasteiger partial charge in [-0.25, -0.2) is 13.8 Å². The van der Waals surface area contributed by atoms with E-state index in [1.54, 1.807) is 0 Å². The number of carbonyl (C=O) groups excluding carboxylic acids is 1. The Morgan fingerprint density at radius 1 is 1.31 bits per heavy atom. The van der Waals surface area contributed by atoms with Crippen molar-refractivity contribution in [3.05, 3.63) is 34.9 Å². The standard InChI is InChI=1S/C11H10F2N2O/c1-6-3-9(13)7(4-8(6)12)10-5-11(16)15(2)14-10/h3-4H,5H2,1-2H3. The van der Waals surface area contributed by atoms with Crippen LogP contribution in [-0.4, -0.2) is 23.7 Å². The van der Waals surface area contributed by atoms with Gasteiger partial charge in [0.1, 0.15) is 11.6 Å².